The Bertz CT molecular complexity index is 971. The maximum Gasteiger partial charge on any atom is 0.275 e. The number of hydrogen-bond acceptors (Lipinski definition) is 7. The lowest BCUT2D eigenvalue weighted by atomic mass is 9.79. The molecule has 0 aromatic carbocycles. The van der Waals surface area contributed by atoms with Gasteiger partial charge in [0.15, 0.2) is 11.2 Å². The molecule has 0 spiro atoms. The zero-order chi connectivity index (χ0) is 21.2. The number of aromatic nitrogens is 1. The van der Waals surface area contributed by atoms with E-state index in [9.17, 15) is 13.6 Å². The molecule has 0 bridgehead atoms. The second-order valence-corrected chi connectivity index (χ2v) is 6.69. The number of nitrogens with one attached hydrogen (secondary N) is 1. The molecule has 3 N–H and O–H groups in total. The fourth-order valence-electron chi connectivity index (χ4n) is 3.08. The van der Waals surface area contributed by atoms with Crippen molar-refractivity contribution in [3.8, 4) is 6.07 Å². The highest BCUT2D eigenvalue weighted by Gasteiger charge is 2.60. The number of nitriles is 1. The minimum Gasteiger partial charge on any atom is -0.386 e. The molecule has 0 radical (unpaired) electrons. The van der Waals surface area contributed by atoms with E-state index in [1.165, 1.54) is 18.3 Å². The quantitative estimate of drug-likeness (QED) is 0.782. The van der Waals surface area contributed by atoms with Crippen molar-refractivity contribution in [2.75, 3.05) is 13.2 Å². The van der Waals surface area contributed by atoms with Gasteiger partial charge in [0.05, 0.1) is 12.2 Å². The Kier molecular flexibility index (Phi) is 5.39. The first kappa shape index (κ1) is 20.5. The number of nitrogens with two attached hydrogens (primary N) is 1. The molecule has 29 heavy (non-hydrogen) atoms. The number of carbonyl (C=O) groups excluding carboxylic acids is 1. The van der Waals surface area contributed by atoms with Gasteiger partial charge in [-0.3, -0.25) is 9.79 Å². The number of halogens is 3. The van der Waals surface area contributed by atoms with Crippen LogP contribution < -0.4 is 11.1 Å². The van der Waals surface area contributed by atoms with E-state index in [2.05, 4.69) is 20.3 Å². The predicted octanol–water partition coefficient (Wildman–Crippen LogP) is 1.41. The highest BCUT2D eigenvalue weighted by atomic mass is 19.3. The Labute approximate surface area is 164 Å². The molecule has 2 aliphatic heterocycles. The van der Waals surface area contributed by atoms with Gasteiger partial charge in [0.2, 0.25) is 0 Å². The zero-order valence-corrected chi connectivity index (χ0v) is 15.3. The number of ether oxygens (including phenoxy) is 1. The standard InChI is InChI=1S/C18H17F3N6O2/c1-10-4-11(5-22)6-24-14(10)15(28)26-13-2-3-17(21,8-25-13)18(16(19)20)9-29-7-12(23)27-18/h2,4,6,8,16H,3,7,9H2,1H3,(H2,23,27)(H,26,28)/t17?,18-/m0/s1. The Morgan fingerprint density at radius 1 is 1.48 bits per heavy atom. The summed E-state index contributed by atoms with van der Waals surface area (Å²) in [5.41, 5.74) is 1.13. The number of aliphatic imine (C=N–C) groups is 2. The molecule has 3 heterocycles. The summed E-state index contributed by atoms with van der Waals surface area (Å²) in [5.74, 6) is -0.882. The number of rotatable bonds is 4. The molecule has 0 aliphatic carbocycles. The third-order valence-electron chi connectivity index (χ3n) is 4.66. The van der Waals surface area contributed by atoms with Crippen LogP contribution in [0.2, 0.25) is 0 Å². The highest BCUT2D eigenvalue weighted by molar-refractivity contribution is 5.95. The summed E-state index contributed by atoms with van der Waals surface area (Å²) in [6, 6.07) is 3.40. The van der Waals surface area contributed by atoms with Crippen molar-refractivity contribution in [1.29, 1.82) is 5.26 Å². The summed E-state index contributed by atoms with van der Waals surface area (Å²) in [5, 5.41) is 11.3. The van der Waals surface area contributed by atoms with Gasteiger partial charge in [0.1, 0.15) is 30.0 Å². The molecular weight excluding hydrogens is 389 g/mol. The maximum atomic E-state index is 15.4. The molecule has 0 saturated carbocycles. The Morgan fingerprint density at radius 3 is 2.79 bits per heavy atom. The number of amidine groups is 1. The molecular formula is C18H17F3N6O2. The number of carbonyl (C=O) groups is 1. The highest BCUT2D eigenvalue weighted by Crippen LogP contribution is 2.41. The summed E-state index contributed by atoms with van der Waals surface area (Å²) in [7, 11) is 0. The molecule has 3 rings (SSSR count). The van der Waals surface area contributed by atoms with E-state index in [0.29, 0.717) is 17.3 Å². The average molecular weight is 406 g/mol. The third kappa shape index (κ3) is 3.71. The van der Waals surface area contributed by atoms with Crippen molar-refractivity contribution in [2.24, 2.45) is 15.7 Å². The number of pyridine rings is 1. The SMILES string of the molecule is Cc1cc(C#N)cnc1C(=O)NC1=CCC(F)([C@@]2(C(F)F)COCC(N)=N2)C=N1. The molecule has 1 aromatic heterocycles. The van der Waals surface area contributed by atoms with Crippen LogP contribution in [-0.4, -0.2) is 53.8 Å². The number of aryl methyl sites for hydroxylation is 1. The van der Waals surface area contributed by atoms with Crippen molar-refractivity contribution in [3.63, 3.8) is 0 Å². The van der Waals surface area contributed by atoms with E-state index in [0.717, 1.165) is 0 Å². The average Bonchev–Trinajstić information content (AvgIpc) is 2.69. The van der Waals surface area contributed by atoms with Gasteiger partial charge >= 0.3 is 0 Å². The van der Waals surface area contributed by atoms with Crippen molar-refractivity contribution in [2.45, 2.75) is 31.0 Å². The van der Waals surface area contributed by atoms with Crippen LogP contribution in [0.5, 0.6) is 0 Å². The van der Waals surface area contributed by atoms with Crippen molar-refractivity contribution in [1.82, 2.24) is 10.3 Å². The molecule has 0 fully saturated rings. The second-order valence-electron chi connectivity index (χ2n) is 6.69. The van der Waals surface area contributed by atoms with Crippen LogP contribution in [0.4, 0.5) is 13.2 Å². The molecule has 2 aliphatic rings. The maximum absolute atomic E-state index is 15.4. The summed E-state index contributed by atoms with van der Waals surface area (Å²) in [6.07, 6.45) is -0.588. The fraction of sp³-hybridized carbons (Fsp3) is 0.389. The summed E-state index contributed by atoms with van der Waals surface area (Å²) < 4.78 is 47.9. The van der Waals surface area contributed by atoms with Crippen LogP contribution in [0.1, 0.15) is 28.0 Å². The molecule has 11 heteroatoms. The van der Waals surface area contributed by atoms with E-state index >= 15 is 4.39 Å². The number of alkyl halides is 3. The van der Waals surface area contributed by atoms with Crippen LogP contribution in [0, 0.1) is 18.3 Å². The number of allylic oxidation sites excluding steroid dienone is 1. The molecule has 1 unspecified atom stereocenters. The van der Waals surface area contributed by atoms with Crippen molar-refractivity contribution >= 4 is 18.0 Å². The van der Waals surface area contributed by atoms with Gasteiger partial charge in [-0.15, -0.1) is 0 Å². The zero-order valence-electron chi connectivity index (χ0n) is 15.3. The minimum absolute atomic E-state index is 0.0214. The molecule has 152 valence electrons. The predicted molar refractivity (Wildman–Crippen MR) is 97.4 cm³/mol. The first-order valence-corrected chi connectivity index (χ1v) is 8.53. The minimum atomic E-state index is -3.19. The third-order valence-corrected chi connectivity index (χ3v) is 4.66. The summed E-state index contributed by atoms with van der Waals surface area (Å²) in [6.45, 7) is 0.791. The molecule has 8 nitrogen and oxygen atoms in total. The largest absolute Gasteiger partial charge is 0.386 e. The van der Waals surface area contributed by atoms with Gasteiger partial charge in [0, 0.05) is 18.8 Å². The Hall–Kier alpha value is -3.26. The Morgan fingerprint density at radius 2 is 2.24 bits per heavy atom. The first-order valence-electron chi connectivity index (χ1n) is 8.53. The Balaban J connectivity index is 1.79. The lowest BCUT2D eigenvalue weighted by Crippen LogP contribution is -2.62. The lowest BCUT2D eigenvalue weighted by Gasteiger charge is -2.42. The van der Waals surface area contributed by atoms with Gasteiger partial charge in [-0.05, 0) is 24.6 Å². The lowest BCUT2D eigenvalue weighted by molar-refractivity contribution is -0.0672. The topological polar surface area (TPSA) is 126 Å². The number of hydrogen-bond donors (Lipinski definition) is 2. The van der Waals surface area contributed by atoms with Crippen LogP contribution in [0.25, 0.3) is 0 Å². The molecule has 2 atom stereocenters. The van der Waals surface area contributed by atoms with Crippen LogP contribution in [0.3, 0.4) is 0 Å². The van der Waals surface area contributed by atoms with Gasteiger partial charge in [-0.1, -0.05) is 0 Å². The van der Waals surface area contributed by atoms with E-state index in [-0.39, 0.29) is 24.0 Å². The molecule has 1 amide bonds. The van der Waals surface area contributed by atoms with Gasteiger partial charge in [0.25, 0.3) is 12.3 Å². The van der Waals surface area contributed by atoms with Crippen LogP contribution in [-0.2, 0) is 4.74 Å². The van der Waals surface area contributed by atoms with Gasteiger partial charge in [-0.25, -0.2) is 23.1 Å². The van der Waals surface area contributed by atoms with Crippen molar-refractivity contribution < 1.29 is 22.7 Å². The van der Waals surface area contributed by atoms with Gasteiger partial charge < -0.3 is 15.8 Å². The van der Waals surface area contributed by atoms with E-state index < -0.39 is 36.6 Å². The van der Waals surface area contributed by atoms with E-state index in [1.807, 2.05) is 6.07 Å². The van der Waals surface area contributed by atoms with Crippen LogP contribution in [0.15, 0.2) is 34.1 Å². The summed E-state index contributed by atoms with van der Waals surface area (Å²) >= 11 is 0. The first-order chi connectivity index (χ1) is 13.7. The summed E-state index contributed by atoms with van der Waals surface area (Å²) in [4.78, 5) is 23.8. The molecule has 0 saturated heterocycles. The van der Waals surface area contributed by atoms with E-state index in [1.54, 1.807) is 6.92 Å². The van der Waals surface area contributed by atoms with Gasteiger partial charge in [-0.2, -0.15) is 5.26 Å². The van der Waals surface area contributed by atoms with Crippen molar-refractivity contribution in [3.05, 3.63) is 41.0 Å². The second kappa shape index (κ2) is 7.63. The normalized spacial score (nSPS) is 26.5. The number of amides is 1. The number of nitrogens with zero attached hydrogens (tertiary/aromatic N) is 4. The van der Waals surface area contributed by atoms with Crippen LogP contribution >= 0.6 is 0 Å². The van der Waals surface area contributed by atoms with E-state index in [4.69, 9.17) is 15.7 Å². The molecule has 1 aromatic rings. The smallest absolute Gasteiger partial charge is 0.275 e. The fourth-order valence-corrected chi connectivity index (χ4v) is 3.08. The monoisotopic (exact) mass is 406 g/mol.